The largest absolute Gasteiger partial charge is 0.349 e. The van der Waals surface area contributed by atoms with Gasteiger partial charge in [-0.2, -0.15) is 0 Å². The first-order valence-corrected chi connectivity index (χ1v) is 7.20. The number of rotatable bonds is 5. The van der Waals surface area contributed by atoms with Crippen LogP contribution in [0.2, 0.25) is 0 Å². The lowest BCUT2D eigenvalue weighted by Gasteiger charge is -2.35. The van der Waals surface area contributed by atoms with Gasteiger partial charge in [0.05, 0.1) is 6.04 Å². The van der Waals surface area contributed by atoms with Gasteiger partial charge in [-0.1, -0.05) is 43.7 Å². The zero-order chi connectivity index (χ0) is 13.8. The molecule has 0 radical (unpaired) electrons. The maximum Gasteiger partial charge on any atom is 0.224 e. The van der Waals surface area contributed by atoms with Gasteiger partial charge in [-0.15, -0.1) is 0 Å². The molecule has 0 spiro atoms. The number of benzene rings is 1. The molecule has 3 N–H and O–H groups in total. The first kappa shape index (κ1) is 14.1. The molecule has 1 aliphatic rings. The van der Waals surface area contributed by atoms with Crippen molar-refractivity contribution in [2.45, 2.75) is 45.2 Å². The van der Waals surface area contributed by atoms with Gasteiger partial charge in [-0.25, -0.2) is 0 Å². The summed E-state index contributed by atoms with van der Waals surface area (Å²) in [5, 5.41) is 3.20. The summed E-state index contributed by atoms with van der Waals surface area (Å²) in [7, 11) is 0. The van der Waals surface area contributed by atoms with Gasteiger partial charge in [-0.3, -0.25) is 4.79 Å². The molecule has 2 rings (SSSR count). The molecule has 1 aromatic rings. The van der Waals surface area contributed by atoms with Crippen molar-refractivity contribution < 1.29 is 4.79 Å². The standard InChI is InChI=1S/C16H24N2O/c1-11(12(2)17)16(19)18-15(14-9-6-10-14)13-7-4-3-5-8-13/h3-5,7-8,11-12,14-15H,6,9-10,17H2,1-2H3,(H,18,19). The monoisotopic (exact) mass is 260 g/mol. The summed E-state index contributed by atoms with van der Waals surface area (Å²) in [6, 6.07) is 10.3. The van der Waals surface area contributed by atoms with Crippen molar-refractivity contribution in [3.05, 3.63) is 35.9 Å². The second-order valence-electron chi connectivity index (χ2n) is 5.74. The summed E-state index contributed by atoms with van der Waals surface area (Å²) in [6.07, 6.45) is 3.67. The molecule has 0 aromatic heterocycles. The SMILES string of the molecule is CC(N)C(C)C(=O)NC(c1ccccc1)C1CCC1. The third-order valence-electron chi connectivity index (χ3n) is 4.28. The molecule has 1 fully saturated rings. The Morgan fingerprint density at radius 1 is 1.26 bits per heavy atom. The van der Waals surface area contributed by atoms with Crippen LogP contribution in [-0.4, -0.2) is 11.9 Å². The van der Waals surface area contributed by atoms with Crippen LogP contribution < -0.4 is 11.1 Å². The molecule has 19 heavy (non-hydrogen) atoms. The van der Waals surface area contributed by atoms with Gasteiger partial charge in [0.2, 0.25) is 5.91 Å². The maximum atomic E-state index is 12.2. The molecule has 0 aliphatic heterocycles. The smallest absolute Gasteiger partial charge is 0.224 e. The Morgan fingerprint density at radius 3 is 2.37 bits per heavy atom. The molecule has 1 aliphatic carbocycles. The Morgan fingerprint density at radius 2 is 1.89 bits per heavy atom. The first-order chi connectivity index (χ1) is 9.09. The van der Waals surface area contributed by atoms with E-state index < -0.39 is 0 Å². The average Bonchev–Trinajstić information content (AvgIpc) is 2.35. The van der Waals surface area contributed by atoms with E-state index in [1.54, 1.807) is 0 Å². The zero-order valence-electron chi connectivity index (χ0n) is 11.8. The normalized spacial score (nSPS) is 20.2. The van der Waals surface area contributed by atoms with Crippen molar-refractivity contribution in [3.63, 3.8) is 0 Å². The topological polar surface area (TPSA) is 55.1 Å². The van der Waals surface area contributed by atoms with Crippen molar-refractivity contribution in [3.8, 4) is 0 Å². The summed E-state index contributed by atoms with van der Waals surface area (Å²) in [5.41, 5.74) is 7.02. The molecule has 1 amide bonds. The lowest BCUT2D eigenvalue weighted by atomic mass is 9.77. The Bertz CT molecular complexity index is 412. The van der Waals surface area contributed by atoms with Crippen LogP contribution >= 0.6 is 0 Å². The Labute approximate surface area is 115 Å². The lowest BCUT2D eigenvalue weighted by molar-refractivity contribution is -0.126. The number of carbonyl (C=O) groups excluding carboxylic acids is 1. The quantitative estimate of drug-likeness (QED) is 0.855. The molecule has 1 saturated carbocycles. The molecule has 0 heterocycles. The van der Waals surface area contributed by atoms with Crippen LogP contribution in [0.3, 0.4) is 0 Å². The van der Waals surface area contributed by atoms with E-state index in [4.69, 9.17) is 5.73 Å². The highest BCUT2D eigenvalue weighted by molar-refractivity contribution is 5.79. The predicted octanol–water partition coefficient (Wildman–Crippen LogP) is 2.63. The molecule has 0 saturated heterocycles. The minimum Gasteiger partial charge on any atom is -0.349 e. The minimum atomic E-state index is -0.147. The van der Waals surface area contributed by atoms with Crippen molar-refractivity contribution in [2.24, 2.45) is 17.6 Å². The van der Waals surface area contributed by atoms with Crippen molar-refractivity contribution in [1.29, 1.82) is 0 Å². The summed E-state index contributed by atoms with van der Waals surface area (Å²) < 4.78 is 0. The van der Waals surface area contributed by atoms with Gasteiger partial charge in [0.1, 0.15) is 0 Å². The molecule has 3 heteroatoms. The molecule has 3 nitrogen and oxygen atoms in total. The molecule has 3 unspecified atom stereocenters. The van der Waals surface area contributed by atoms with Crippen LogP contribution in [0.25, 0.3) is 0 Å². The zero-order valence-corrected chi connectivity index (χ0v) is 11.8. The van der Waals surface area contributed by atoms with Crippen LogP contribution in [0.15, 0.2) is 30.3 Å². The fourth-order valence-corrected chi connectivity index (χ4v) is 2.43. The van der Waals surface area contributed by atoms with Crippen LogP contribution in [0.4, 0.5) is 0 Å². The molecule has 0 bridgehead atoms. The van der Waals surface area contributed by atoms with Gasteiger partial charge >= 0.3 is 0 Å². The van der Waals surface area contributed by atoms with E-state index in [1.165, 1.54) is 24.8 Å². The van der Waals surface area contributed by atoms with Gasteiger partial charge in [-0.05, 0) is 31.2 Å². The second kappa shape index (κ2) is 6.20. The third kappa shape index (κ3) is 3.35. The number of carbonyl (C=O) groups is 1. The molecular formula is C16H24N2O. The van der Waals surface area contributed by atoms with Crippen LogP contribution in [0.1, 0.15) is 44.7 Å². The number of amides is 1. The highest BCUT2D eigenvalue weighted by atomic mass is 16.2. The number of hydrogen-bond donors (Lipinski definition) is 2. The third-order valence-corrected chi connectivity index (χ3v) is 4.28. The highest BCUT2D eigenvalue weighted by Crippen LogP contribution is 2.37. The highest BCUT2D eigenvalue weighted by Gasteiger charge is 2.31. The molecular weight excluding hydrogens is 236 g/mol. The Balaban J connectivity index is 2.09. The fraction of sp³-hybridized carbons (Fsp3) is 0.562. The maximum absolute atomic E-state index is 12.2. The molecule has 1 aromatic carbocycles. The summed E-state index contributed by atoms with van der Waals surface area (Å²) in [6.45, 7) is 3.77. The number of nitrogens with one attached hydrogen (secondary N) is 1. The van der Waals surface area contributed by atoms with E-state index in [1.807, 2.05) is 32.0 Å². The number of hydrogen-bond acceptors (Lipinski definition) is 2. The van der Waals surface area contributed by atoms with E-state index in [-0.39, 0.29) is 23.9 Å². The second-order valence-corrected chi connectivity index (χ2v) is 5.74. The van der Waals surface area contributed by atoms with Crippen LogP contribution in [0.5, 0.6) is 0 Å². The van der Waals surface area contributed by atoms with Crippen LogP contribution in [0, 0.1) is 11.8 Å². The lowest BCUT2D eigenvalue weighted by Crippen LogP contribution is -2.43. The van der Waals surface area contributed by atoms with Gasteiger partial charge in [0.15, 0.2) is 0 Å². The molecule has 104 valence electrons. The van der Waals surface area contributed by atoms with E-state index in [0.29, 0.717) is 5.92 Å². The van der Waals surface area contributed by atoms with Crippen molar-refractivity contribution in [1.82, 2.24) is 5.32 Å². The van der Waals surface area contributed by atoms with Gasteiger partial charge < -0.3 is 11.1 Å². The van der Waals surface area contributed by atoms with E-state index in [9.17, 15) is 4.79 Å². The fourth-order valence-electron chi connectivity index (χ4n) is 2.43. The Kier molecular flexibility index (Phi) is 4.59. The van der Waals surface area contributed by atoms with Gasteiger partial charge in [0.25, 0.3) is 0 Å². The predicted molar refractivity (Wildman–Crippen MR) is 77.5 cm³/mol. The summed E-state index contributed by atoms with van der Waals surface area (Å²) in [5.74, 6) is 0.494. The molecule has 3 atom stereocenters. The summed E-state index contributed by atoms with van der Waals surface area (Å²) in [4.78, 5) is 12.2. The Hall–Kier alpha value is -1.35. The van der Waals surface area contributed by atoms with Crippen molar-refractivity contribution in [2.75, 3.05) is 0 Å². The minimum absolute atomic E-state index is 0.0655. The average molecular weight is 260 g/mol. The van der Waals surface area contributed by atoms with Gasteiger partial charge in [0, 0.05) is 12.0 Å². The van der Waals surface area contributed by atoms with Crippen LogP contribution in [-0.2, 0) is 4.79 Å². The summed E-state index contributed by atoms with van der Waals surface area (Å²) >= 11 is 0. The first-order valence-electron chi connectivity index (χ1n) is 7.20. The van der Waals surface area contributed by atoms with E-state index in [0.717, 1.165) is 0 Å². The van der Waals surface area contributed by atoms with E-state index in [2.05, 4.69) is 17.4 Å². The van der Waals surface area contributed by atoms with Crippen molar-refractivity contribution >= 4 is 5.91 Å². The van der Waals surface area contributed by atoms with E-state index >= 15 is 0 Å². The number of nitrogens with two attached hydrogens (primary N) is 1.